The van der Waals surface area contributed by atoms with Crippen LogP contribution < -0.4 is 0 Å². The Morgan fingerprint density at radius 3 is 2.48 bits per heavy atom. The fourth-order valence-electron chi connectivity index (χ4n) is 3.68. The number of nitrogens with zero attached hydrogens (tertiary/aromatic N) is 5. The van der Waals surface area contributed by atoms with Crippen molar-refractivity contribution < 1.29 is 4.79 Å². The largest absolute Gasteiger partial charge is 0.342 e. The number of carbonyl (C=O) groups excluding carboxylic acids is 1. The number of carbonyl (C=O) groups is 1. The maximum atomic E-state index is 12.6. The van der Waals surface area contributed by atoms with E-state index in [2.05, 4.69) is 28.9 Å². The first-order valence-electron chi connectivity index (χ1n) is 10.2. The molecule has 1 fully saturated rings. The molecular formula is C20H31N5OS. The Morgan fingerprint density at radius 2 is 1.78 bits per heavy atom. The summed E-state index contributed by atoms with van der Waals surface area (Å²) < 4.78 is 1.83. The molecule has 0 radical (unpaired) electrons. The SMILES string of the molecule is CCCCc1c(C)nc2nc(SCC(=O)N3CCCCCCC3)nn2c1C. The number of hydrogen-bond acceptors (Lipinski definition) is 5. The molecule has 2 aromatic rings. The second kappa shape index (κ2) is 9.53. The molecule has 1 aliphatic rings. The number of amides is 1. The van der Waals surface area contributed by atoms with E-state index in [1.165, 1.54) is 36.6 Å². The predicted molar refractivity (Wildman–Crippen MR) is 109 cm³/mol. The zero-order chi connectivity index (χ0) is 19.2. The van der Waals surface area contributed by atoms with Gasteiger partial charge in [0.15, 0.2) is 0 Å². The van der Waals surface area contributed by atoms with Crippen LogP contribution in [-0.2, 0) is 11.2 Å². The summed E-state index contributed by atoms with van der Waals surface area (Å²) in [7, 11) is 0. The molecule has 6 nitrogen and oxygen atoms in total. The van der Waals surface area contributed by atoms with Crippen molar-refractivity contribution in [1.29, 1.82) is 0 Å². The highest BCUT2D eigenvalue weighted by molar-refractivity contribution is 7.99. The average Bonchev–Trinajstić information content (AvgIpc) is 3.02. The van der Waals surface area contributed by atoms with Crippen LogP contribution in [0.4, 0.5) is 0 Å². The van der Waals surface area contributed by atoms with Gasteiger partial charge < -0.3 is 4.90 Å². The number of likely N-dealkylation sites (tertiary alicyclic amines) is 1. The van der Waals surface area contributed by atoms with Crippen LogP contribution >= 0.6 is 11.8 Å². The Balaban J connectivity index is 1.68. The summed E-state index contributed by atoms with van der Waals surface area (Å²) >= 11 is 1.42. The Labute approximate surface area is 166 Å². The van der Waals surface area contributed by atoms with Crippen molar-refractivity contribution in [3.05, 3.63) is 17.0 Å². The highest BCUT2D eigenvalue weighted by atomic mass is 32.2. The number of thioether (sulfide) groups is 1. The zero-order valence-corrected chi connectivity index (χ0v) is 17.6. The Morgan fingerprint density at radius 1 is 1.07 bits per heavy atom. The molecule has 2 aromatic heterocycles. The highest BCUT2D eigenvalue weighted by Gasteiger charge is 2.18. The van der Waals surface area contributed by atoms with Crippen molar-refractivity contribution in [2.75, 3.05) is 18.8 Å². The van der Waals surface area contributed by atoms with Crippen LogP contribution in [0, 0.1) is 13.8 Å². The van der Waals surface area contributed by atoms with E-state index < -0.39 is 0 Å². The molecule has 3 heterocycles. The van der Waals surface area contributed by atoms with E-state index in [-0.39, 0.29) is 5.91 Å². The summed E-state index contributed by atoms with van der Waals surface area (Å²) in [6, 6.07) is 0. The molecule has 148 valence electrons. The maximum Gasteiger partial charge on any atom is 0.253 e. The first kappa shape index (κ1) is 20.1. The Bertz CT molecular complexity index is 780. The predicted octanol–water partition coefficient (Wildman–Crippen LogP) is 3.97. The first-order valence-corrected chi connectivity index (χ1v) is 11.2. The van der Waals surface area contributed by atoms with Crippen LogP contribution in [0.3, 0.4) is 0 Å². The second-order valence-corrected chi connectivity index (χ2v) is 8.35. The van der Waals surface area contributed by atoms with Crippen LogP contribution in [-0.4, -0.2) is 49.2 Å². The minimum Gasteiger partial charge on any atom is -0.342 e. The summed E-state index contributed by atoms with van der Waals surface area (Å²) in [5, 5.41) is 5.25. The number of aromatic nitrogens is 4. The van der Waals surface area contributed by atoms with Crippen LogP contribution in [0.15, 0.2) is 5.16 Å². The monoisotopic (exact) mass is 389 g/mol. The van der Waals surface area contributed by atoms with Crippen molar-refractivity contribution >= 4 is 23.4 Å². The number of unbranched alkanes of at least 4 members (excludes halogenated alkanes) is 1. The van der Waals surface area contributed by atoms with Gasteiger partial charge in [-0.2, -0.15) is 4.98 Å². The van der Waals surface area contributed by atoms with Crippen molar-refractivity contribution in [3.63, 3.8) is 0 Å². The van der Waals surface area contributed by atoms with E-state index in [1.54, 1.807) is 0 Å². The zero-order valence-electron chi connectivity index (χ0n) is 16.8. The third-order valence-electron chi connectivity index (χ3n) is 5.34. The molecule has 0 aliphatic carbocycles. The maximum absolute atomic E-state index is 12.6. The number of rotatable bonds is 6. The summed E-state index contributed by atoms with van der Waals surface area (Å²) in [5.41, 5.74) is 3.41. The van der Waals surface area contributed by atoms with Gasteiger partial charge >= 0.3 is 0 Å². The van der Waals surface area contributed by atoms with Gasteiger partial charge in [0.1, 0.15) is 0 Å². The highest BCUT2D eigenvalue weighted by Crippen LogP contribution is 2.20. The second-order valence-electron chi connectivity index (χ2n) is 7.41. The summed E-state index contributed by atoms with van der Waals surface area (Å²) in [5.74, 6) is 1.23. The lowest BCUT2D eigenvalue weighted by molar-refractivity contribution is -0.128. The molecule has 3 rings (SSSR count). The van der Waals surface area contributed by atoms with Crippen LogP contribution in [0.1, 0.15) is 68.8 Å². The Kier molecular flexibility index (Phi) is 7.10. The van der Waals surface area contributed by atoms with Gasteiger partial charge in [-0.05, 0) is 45.1 Å². The molecule has 0 N–H and O–H groups in total. The van der Waals surface area contributed by atoms with Gasteiger partial charge in [-0.3, -0.25) is 4.79 Å². The minimum absolute atomic E-state index is 0.199. The van der Waals surface area contributed by atoms with Gasteiger partial charge in [0.25, 0.3) is 5.78 Å². The third-order valence-corrected chi connectivity index (χ3v) is 6.17. The van der Waals surface area contributed by atoms with Crippen LogP contribution in [0.5, 0.6) is 0 Å². The van der Waals surface area contributed by atoms with Crippen molar-refractivity contribution in [2.45, 2.75) is 77.3 Å². The van der Waals surface area contributed by atoms with Gasteiger partial charge in [-0.1, -0.05) is 44.4 Å². The summed E-state index contributed by atoms with van der Waals surface area (Å²) in [4.78, 5) is 23.8. The lowest BCUT2D eigenvalue weighted by Crippen LogP contribution is -2.35. The van der Waals surface area contributed by atoms with Crippen LogP contribution in [0.2, 0.25) is 0 Å². The first-order chi connectivity index (χ1) is 13.1. The topological polar surface area (TPSA) is 63.4 Å². The van der Waals surface area contributed by atoms with Gasteiger partial charge in [0.2, 0.25) is 11.1 Å². The lowest BCUT2D eigenvalue weighted by Gasteiger charge is -2.24. The fraction of sp³-hybridized carbons (Fsp3) is 0.700. The van der Waals surface area contributed by atoms with Gasteiger partial charge in [-0.25, -0.2) is 9.50 Å². The molecule has 0 bridgehead atoms. The molecule has 0 unspecified atom stereocenters. The molecule has 1 saturated heterocycles. The molecule has 0 saturated carbocycles. The fourth-order valence-corrected chi connectivity index (χ4v) is 4.40. The summed E-state index contributed by atoms with van der Waals surface area (Å²) in [6.07, 6.45) is 9.33. The standard InChI is InChI=1S/C20H31N5OS/c1-4-5-11-17-15(2)21-19-22-20(23-25(19)16(17)3)27-14-18(26)24-12-9-7-6-8-10-13-24/h4-14H2,1-3H3. The number of aryl methyl sites for hydroxylation is 2. The van der Waals surface area contributed by atoms with E-state index in [0.717, 1.165) is 56.6 Å². The molecular weight excluding hydrogens is 358 g/mol. The molecule has 0 atom stereocenters. The molecule has 0 spiro atoms. The van der Waals surface area contributed by atoms with Gasteiger partial charge in [0.05, 0.1) is 5.75 Å². The van der Waals surface area contributed by atoms with E-state index >= 15 is 0 Å². The van der Waals surface area contributed by atoms with E-state index in [1.807, 2.05) is 16.3 Å². The van der Waals surface area contributed by atoms with Gasteiger partial charge in [0, 0.05) is 24.5 Å². The van der Waals surface area contributed by atoms with E-state index in [0.29, 0.717) is 16.7 Å². The lowest BCUT2D eigenvalue weighted by atomic mass is 10.1. The smallest absolute Gasteiger partial charge is 0.253 e. The minimum atomic E-state index is 0.199. The molecule has 1 aliphatic heterocycles. The van der Waals surface area contributed by atoms with Gasteiger partial charge in [-0.15, -0.1) is 5.10 Å². The third kappa shape index (κ3) is 5.00. The van der Waals surface area contributed by atoms with Crippen molar-refractivity contribution in [2.24, 2.45) is 0 Å². The molecule has 27 heavy (non-hydrogen) atoms. The normalized spacial score (nSPS) is 15.7. The average molecular weight is 390 g/mol. The molecule has 0 aromatic carbocycles. The van der Waals surface area contributed by atoms with E-state index in [4.69, 9.17) is 0 Å². The number of hydrogen-bond donors (Lipinski definition) is 0. The van der Waals surface area contributed by atoms with Crippen LogP contribution in [0.25, 0.3) is 5.78 Å². The number of fused-ring (bicyclic) bond motifs is 1. The molecule has 1 amide bonds. The molecule has 7 heteroatoms. The van der Waals surface area contributed by atoms with Crippen molar-refractivity contribution in [3.8, 4) is 0 Å². The quantitative estimate of drug-likeness (QED) is 0.700. The Hall–Kier alpha value is -1.63. The van der Waals surface area contributed by atoms with Crippen molar-refractivity contribution in [1.82, 2.24) is 24.5 Å². The van der Waals surface area contributed by atoms with E-state index in [9.17, 15) is 4.79 Å². The summed E-state index contributed by atoms with van der Waals surface area (Å²) in [6.45, 7) is 8.10.